The fourth-order valence-corrected chi connectivity index (χ4v) is 1.51. The number of carbonyl (C=O) groups is 2. The summed E-state index contributed by atoms with van der Waals surface area (Å²) in [5, 5.41) is 9.01. The summed E-state index contributed by atoms with van der Waals surface area (Å²) < 4.78 is 5.44. The van der Waals surface area contributed by atoms with Crippen LogP contribution in [-0.4, -0.2) is 22.0 Å². The first-order chi connectivity index (χ1) is 9.09. The standard InChI is InChI=1S/C13H10N2O4/c14-12(16)8-3-1-2-4-10(8)19-11-5-6-15-7-9(11)13(17)18/h1-7H,(H2,14,16)(H,17,18). The Balaban J connectivity index is 2.42. The smallest absolute Gasteiger partial charge is 0.341 e. The van der Waals surface area contributed by atoms with E-state index in [-0.39, 0.29) is 22.6 Å². The molecule has 3 N–H and O–H groups in total. The molecule has 2 rings (SSSR count). The first-order valence-electron chi connectivity index (χ1n) is 5.33. The van der Waals surface area contributed by atoms with Crippen molar-refractivity contribution < 1.29 is 19.4 Å². The Morgan fingerprint density at radius 1 is 1.11 bits per heavy atom. The van der Waals surface area contributed by atoms with Gasteiger partial charge in [0, 0.05) is 18.5 Å². The Morgan fingerprint density at radius 3 is 2.47 bits per heavy atom. The summed E-state index contributed by atoms with van der Waals surface area (Å²) in [5.74, 6) is -1.53. The molecule has 1 aromatic carbocycles. The minimum absolute atomic E-state index is 0.0937. The second-order valence-corrected chi connectivity index (χ2v) is 3.64. The van der Waals surface area contributed by atoms with E-state index in [1.807, 2.05) is 0 Å². The molecule has 0 unspecified atom stereocenters. The molecule has 0 aliphatic heterocycles. The van der Waals surface area contributed by atoms with Crippen molar-refractivity contribution in [3.8, 4) is 11.5 Å². The summed E-state index contributed by atoms with van der Waals surface area (Å²) in [7, 11) is 0. The normalized spacial score (nSPS) is 9.89. The van der Waals surface area contributed by atoms with Gasteiger partial charge in [-0.1, -0.05) is 12.1 Å². The zero-order valence-electron chi connectivity index (χ0n) is 9.74. The number of rotatable bonds is 4. The number of hydrogen-bond donors (Lipinski definition) is 2. The van der Waals surface area contributed by atoms with Gasteiger partial charge in [-0.05, 0) is 12.1 Å². The van der Waals surface area contributed by atoms with Crippen molar-refractivity contribution >= 4 is 11.9 Å². The predicted molar refractivity (Wildman–Crippen MR) is 66.2 cm³/mol. The van der Waals surface area contributed by atoms with Crippen molar-refractivity contribution in [2.45, 2.75) is 0 Å². The molecule has 1 heterocycles. The van der Waals surface area contributed by atoms with Gasteiger partial charge in [-0.2, -0.15) is 0 Å². The van der Waals surface area contributed by atoms with Gasteiger partial charge in [0.2, 0.25) is 0 Å². The zero-order chi connectivity index (χ0) is 13.8. The highest BCUT2D eigenvalue weighted by atomic mass is 16.5. The summed E-state index contributed by atoms with van der Waals surface area (Å²) in [4.78, 5) is 26.0. The number of aromatic carboxylic acids is 1. The maximum absolute atomic E-state index is 11.2. The van der Waals surface area contributed by atoms with Crippen LogP contribution in [-0.2, 0) is 0 Å². The van der Waals surface area contributed by atoms with Crippen LogP contribution in [0, 0.1) is 0 Å². The van der Waals surface area contributed by atoms with Crippen molar-refractivity contribution in [3.63, 3.8) is 0 Å². The lowest BCUT2D eigenvalue weighted by molar-refractivity contribution is 0.0693. The number of nitrogens with two attached hydrogens (primary N) is 1. The monoisotopic (exact) mass is 258 g/mol. The topological polar surface area (TPSA) is 103 Å². The highest BCUT2D eigenvalue weighted by Gasteiger charge is 2.15. The molecule has 0 spiro atoms. The molecule has 0 radical (unpaired) electrons. The van der Waals surface area contributed by atoms with Crippen LogP contribution in [0.4, 0.5) is 0 Å². The fraction of sp³-hybridized carbons (Fsp3) is 0. The van der Waals surface area contributed by atoms with Gasteiger partial charge in [0.25, 0.3) is 5.91 Å². The highest BCUT2D eigenvalue weighted by molar-refractivity contribution is 5.96. The molecular formula is C13H10N2O4. The third kappa shape index (κ3) is 2.68. The molecule has 0 bridgehead atoms. The summed E-state index contributed by atoms with van der Waals surface area (Å²) in [6.45, 7) is 0. The maximum atomic E-state index is 11.2. The largest absolute Gasteiger partial charge is 0.477 e. The van der Waals surface area contributed by atoms with E-state index in [9.17, 15) is 9.59 Å². The van der Waals surface area contributed by atoms with Crippen molar-refractivity contribution in [2.75, 3.05) is 0 Å². The molecule has 19 heavy (non-hydrogen) atoms. The number of carbonyl (C=O) groups excluding carboxylic acids is 1. The lowest BCUT2D eigenvalue weighted by atomic mass is 10.2. The lowest BCUT2D eigenvalue weighted by Gasteiger charge is -2.10. The van der Waals surface area contributed by atoms with E-state index >= 15 is 0 Å². The predicted octanol–water partition coefficient (Wildman–Crippen LogP) is 1.67. The number of amides is 1. The first kappa shape index (κ1) is 12.6. The number of nitrogens with zero attached hydrogens (tertiary/aromatic N) is 1. The molecule has 0 fully saturated rings. The van der Waals surface area contributed by atoms with Crippen molar-refractivity contribution in [2.24, 2.45) is 5.73 Å². The SMILES string of the molecule is NC(=O)c1ccccc1Oc1ccncc1C(=O)O. The Morgan fingerprint density at radius 2 is 1.79 bits per heavy atom. The molecule has 96 valence electrons. The van der Waals surface area contributed by atoms with E-state index in [0.717, 1.165) is 0 Å². The van der Waals surface area contributed by atoms with Crippen molar-refractivity contribution in [3.05, 3.63) is 53.9 Å². The quantitative estimate of drug-likeness (QED) is 0.868. The van der Waals surface area contributed by atoms with E-state index in [2.05, 4.69) is 4.98 Å². The molecule has 6 heteroatoms. The van der Waals surface area contributed by atoms with E-state index in [1.54, 1.807) is 12.1 Å². The molecule has 6 nitrogen and oxygen atoms in total. The molecule has 0 atom stereocenters. The molecule has 1 amide bonds. The van der Waals surface area contributed by atoms with Crippen LogP contribution in [0.2, 0.25) is 0 Å². The van der Waals surface area contributed by atoms with Gasteiger partial charge in [-0.25, -0.2) is 4.79 Å². The Hall–Kier alpha value is -2.89. The van der Waals surface area contributed by atoms with Crippen LogP contribution in [0.3, 0.4) is 0 Å². The Labute approximate surface area is 108 Å². The van der Waals surface area contributed by atoms with Crippen molar-refractivity contribution in [1.82, 2.24) is 4.98 Å². The van der Waals surface area contributed by atoms with Gasteiger partial charge >= 0.3 is 5.97 Å². The number of carboxylic acid groups (broad SMARTS) is 1. The Bertz CT molecular complexity index is 585. The van der Waals surface area contributed by atoms with Gasteiger partial charge in [-0.15, -0.1) is 0 Å². The minimum atomic E-state index is -1.17. The molecule has 1 aromatic heterocycles. The van der Waals surface area contributed by atoms with Gasteiger partial charge in [0.05, 0.1) is 5.56 Å². The van der Waals surface area contributed by atoms with Gasteiger partial charge < -0.3 is 15.6 Å². The number of carboxylic acids is 1. The summed E-state index contributed by atoms with van der Waals surface area (Å²) in [6.07, 6.45) is 2.57. The number of pyridine rings is 1. The van der Waals surface area contributed by atoms with Gasteiger partial charge in [0.15, 0.2) is 0 Å². The van der Waals surface area contributed by atoms with Crippen LogP contribution in [0.5, 0.6) is 11.5 Å². The second kappa shape index (κ2) is 5.18. The molecule has 0 aliphatic rings. The van der Waals surface area contributed by atoms with Crippen LogP contribution in [0.1, 0.15) is 20.7 Å². The number of primary amides is 1. The van der Waals surface area contributed by atoms with E-state index in [1.165, 1.54) is 30.6 Å². The van der Waals surface area contributed by atoms with Crippen molar-refractivity contribution in [1.29, 1.82) is 0 Å². The average molecular weight is 258 g/mol. The van der Waals surface area contributed by atoms with Gasteiger partial charge in [0.1, 0.15) is 17.1 Å². The average Bonchev–Trinajstić information content (AvgIpc) is 2.39. The fourth-order valence-electron chi connectivity index (χ4n) is 1.51. The van der Waals surface area contributed by atoms with E-state index in [4.69, 9.17) is 15.6 Å². The Kier molecular flexibility index (Phi) is 3.42. The molecule has 0 aliphatic carbocycles. The third-order valence-electron chi connectivity index (χ3n) is 2.38. The van der Waals surface area contributed by atoms with Crippen LogP contribution in [0.25, 0.3) is 0 Å². The highest BCUT2D eigenvalue weighted by Crippen LogP contribution is 2.27. The zero-order valence-corrected chi connectivity index (χ0v) is 9.74. The van der Waals surface area contributed by atoms with E-state index < -0.39 is 11.9 Å². The molecular weight excluding hydrogens is 248 g/mol. The molecule has 0 saturated carbocycles. The number of benzene rings is 1. The number of para-hydroxylation sites is 1. The summed E-state index contributed by atoms with van der Waals surface area (Å²) >= 11 is 0. The second-order valence-electron chi connectivity index (χ2n) is 3.64. The third-order valence-corrected chi connectivity index (χ3v) is 2.38. The number of aromatic nitrogens is 1. The number of hydrogen-bond acceptors (Lipinski definition) is 4. The van der Waals surface area contributed by atoms with Crippen LogP contribution < -0.4 is 10.5 Å². The summed E-state index contributed by atoms with van der Waals surface area (Å²) in [5.41, 5.74) is 5.30. The van der Waals surface area contributed by atoms with Crippen LogP contribution >= 0.6 is 0 Å². The number of ether oxygens (including phenoxy) is 1. The van der Waals surface area contributed by atoms with Gasteiger partial charge in [-0.3, -0.25) is 9.78 Å². The molecule has 0 saturated heterocycles. The molecule has 2 aromatic rings. The first-order valence-corrected chi connectivity index (χ1v) is 5.33. The minimum Gasteiger partial charge on any atom is -0.477 e. The summed E-state index contributed by atoms with van der Waals surface area (Å²) in [6, 6.07) is 7.73. The lowest BCUT2D eigenvalue weighted by Crippen LogP contribution is -2.12. The maximum Gasteiger partial charge on any atom is 0.341 e. The van der Waals surface area contributed by atoms with Crippen LogP contribution in [0.15, 0.2) is 42.7 Å². The van der Waals surface area contributed by atoms with E-state index in [0.29, 0.717) is 0 Å².